The van der Waals surface area contributed by atoms with Crippen LogP contribution in [-0.4, -0.2) is 12.8 Å². The molecular weight excluding hydrogens is 193 g/mol. The van der Waals surface area contributed by atoms with Gasteiger partial charge in [0.1, 0.15) is 5.76 Å². The van der Waals surface area contributed by atoms with Gasteiger partial charge in [0.05, 0.1) is 0 Å². The molecule has 0 aliphatic rings. The normalized spacial score (nSPS) is 14.4. The summed E-state index contributed by atoms with van der Waals surface area (Å²) in [5.41, 5.74) is 0.986. The van der Waals surface area contributed by atoms with Gasteiger partial charge in [-0.2, -0.15) is 13.2 Å². The molecule has 0 amide bonds. The lowest BCUT2D eigenvalue weighted by atomic mass is 10.2. The van der Waals surface area contributed by atoms with Crippen LogP contribution < -0.4 is 0 Å². The Bertz CT molecular complexity index is 226. The van der Waals surface area contributed by atoms with Crippen molar-refractivity contribution in [3.8, 4) is 0 Å². The highest BCUT2D eigenvalue weighted by atomic mass is 19.4. The first-order valence-electron chi connectivity index (χ1n) is 4.42. The van der Waals surface area contributed by atoms with E-state index in [1.807, 2.05) is 13.8 Å². The minimum atomic E-state index is -4.28. The van der Waals surface area contributed by atoms with E-state index in [1.165, 1.54) is 6.08 Å². The maximum atomic E-state index is 11.8. The average Bonchev–Trinajstić information content (AvgIpc) is 2.10. The standard InChI is InChI=1S/C10H15F3O/c1-4-8(3)6-9(5-2)14-7-10(11,12)13/h5-6H,4,7H2,1-3H3/b8-6+,9-5+. The molecule has 0 aromatic heterocycles. The number of alkyl halides is 3. The van der Waals surface area contributed by atoms with Gasteiger partial charge in [-0.05, 0) is 32.4 Å². The molecule has 14 heavy (non-hydrogen) atoms. The molecule has 1 nitrogen and oxygen atoms in total. The van der Waals surface area contributed by atoms with E-state index in [0.717, 1.165) is 12.0 Å². The third-order valence-electron chi connectivity index (χ3n) is 1.63. The number of rotatable bonds is 4. The molecule has 0 atom stereocenters. The second-order valence-electron chi connectivity index (χ2n) is 2.94. The fourth-order valence-corrected chi connectivity index (χ4v) is 0.718. The van der Waals surface area contributed by atoms with Crippen LogP contribution in [0.15, 0.2) is 23.5 Å². The van der Waals surface area contributed by atoms with Crippen LogP contribution in [-0.2, 0) is 4.74 Å². The lowest BCUT2D eigenvalue weighted by molar-refractivity contribution is -0.163. The van der Waals surface area contributed by atoms with Gasteiger partial charge < -0.3 is 4.74 Å². The first kappa shape index (κ1) is 13.1. The Labute approximate surface area is 82.3 Å². The minimum absolute atomic E-state index is 0.265. The van der Waals surface area contributed by atoms with Crippen LogP contribution >= 0.6 is 0 Å². The molecule has 82 valence electrons. The van der Waals surface area contributed by atoms with E-state index in [0.29, 0.717) is 0 Å². The van der Waals surface area contributed by atoms with Gasteiger partial charge in [0.15, 0.2) is 6.61 Å². The van der Waals surface area contributed by atoms with Gasteiger partial charge in [-0.1, -0.05) is 12.5 Å². The number of hydrogen-bond donors (Lipinski definition) is 0. The fourth-order valence-electron chi connectivity index (χ4n) is 0.718. The van der Waals surface area contributed by atoms with Gasteiger partial charge in [-0.3, -0.25) is 0 Å². The molecule has 4 heteroatoms. The molecule has 0 heterocycles. The summed E-state index contributed by atoms with van der Waals surface area (Å²) in [5, 5.41) is 0. The van der Waals surface area contributed by atoms with Gasteiger partial charge in [-0.15, -0.1) is 0 Å². The van der Waals surface area contributed by atoms with Crippen molar-refractivity contribution in [1.29, 1.82) is 0 Å². The average molecular weight is 208 g/mol. The molecular formula is C10H15F3O. The van der Waals surface area contributed by atoms with Crippen molar-refractivity contribution in [2.45, 2.75) is 33.4 Å². The number of ether oxygens (including phenoxy) is 1. The predicted molar refractivity (Wildman–Crippen MR) is 49.8 cm³/mol. The maximum Gasteiger partial charge on any atom is 0.422 e. The molecule has 0 aromatic rings. The first-order chi connectivity index (χ1) is 6.39. The van der Waals surface area contributed by atoms with Gasteiger partial charge in [-0.25, -0.2) is 0 Å². The summed E-state index contributed by atoms with van der Waals surface area (Å²) >= 11 is 0. The molecule has 0 saturated heterocycles. The maximum absolute atomic E-state index is 11.8. The van der Waals surface area contributed by atoms with Crippen molar-refractivity contribution < 1.29 is 17.9 Å². The summed E-state index contributed by atoms with van der Waals surface area (Å²) < 4.78 is 40.0. The van der Waals surface area contributed by atoms with Crippen LogP contribution in [0.1, 0.15) is 27.2 Å². The highest BCUT2D eigenvalue weighted by molar-refractivity contribution is 5.16. The zero-order chi connectivity index (χ0) is 11.2. The minimum Gasteiger partial charge on any atom is -0.484 e. The molecule has 0 unspecified atom stereocenters. The molecule has 0 saturated carbocycles. The van der Waals surface area contributed by atoms with Crippen LogP contribution in [0.4, 0.5) is 13.2 Å². The second kappa shape index (κ2) is 5.73. The summed E-state index contributed by atoms with van der Waals surface area (Å²) in [6, 6.07) is 0. The molecule has 0 radical (unpaired) electrons. The predicted octanol–water partition coefficient (Wildman–Crippen LogP) is 3.83. The lowest BCUT2D eigenvalue weighted by Crippen LogP contribution is -2.16. The molecule has 0 spiro atoms. The van der Waals surface area contributed by atoms with E-state index in [2.05, 4.69) is 4.74 Å². The largest absolute Gasteiger partial charge is 0.484 e. The van der Waals surface area contributed by atoms with Gasteiger partial charge in [0.25, 0.3) is 0 Å². The summed E-state index contributed by atoms with van der Waals surface area (Å²) in [6.07, 6.45) is -0.342. The van der Waals surface area contributed by atoms with Crippen molar-refractivity contribution in [2.75, 3.05) is 6.61 Å². The summed E-state index contributed by atoms with van der Waals surface area (Å²) in [5.74, 6) is 0.265. The third kappa shape index (κ3) is 6.57. The Kier molecular flexibility index (Phi) is 5.35. The monoisotopic (exact) mass is 208 g/mol. The van der Waals surface area contributed by atoms with E-state index in [1.54, 1.807) is 13.0 Å². The summed E-state index contributed by atoms with van der Waals surface area (Å²) in [4.78, 5) is 0. The Hall–Kier alpha value is -0.930. The topological polar surface area (TPSA) is 9.23 Å². The Morgan fingerprint density at radius 1 is 1.36 bits per heavy atom. The van der Waals surface area contributed by atoms with Crippen molar-refractivity contribution in [3.05, 3.63) is 23.5 Å². The van der Waals surface area contributed by atoms with Crippen LogP contribution in [0.25, 0.3) is 0 Å². The molecule has 0 bridgehead atoms. The van der Waals surface area contributed by atoms with E-state index in [4.69, 9.17) is 0 Å². The molecule has 0 aliphatic carbocycles. The molecule has 0 aromatic carbocycles. The lowest BCUT2D eigenvalue weighted by Gasteiger charge is -2.10. The zero-order valence-corrected chi connectivity index (χ0v) is 8.61. The quantitative estimate of drug-likeness (QED) is 0.504. The van der Waals surface area contributed by atoms with E-state index < -0.39 is 12.8 Å². The van der Waals surface area contributed by atoms with Crippen molar-refractivity contribution in [1.82, 2.24) is 0 Å². The Morgan fingerprint density at radius 3 is 2.29 bits per heavy atom. The van der Waals surface area contributed by atoms with Crippen LogP contribution in [0.5, 0.6) is 0 Å². The molecule has 0 aliphatic heterocycles. The Morgan fingerprint density at radius 2 is 1.93 bits per heavy atom. The molecule has 0 rings (SSSR count). The van der Waals surface area contributed by atoms with Crippen molar-refractivity contribution in [2.24, 2.45) is 0 Å². The fraction of sp³-hybridized carbons (Fsp3) is 0.600. The van der Waals surface area contributed by atoms with Gasteiger partial charge >= 0.3 is 6.18 Å². The smallest absolute Gasteiger partial charge is 0.422 e. The SMILES string of the molecule is C/C=C(\C=C(/C)CC)OCC(F)(F)F. The zero-order valence-electron chi connectivity index (χ0n) is 8.61. The van der Waals surface area contributed by atoms with Crippen molar-refractivity contribution >= 4 is 0 Å². The van der Waals surface area contributed by atoms with Crippen molar-refractivity contribution in [3.63, 3.8) is 0 Å². The second-order valence-corrected chi connectivity index (χ2v) is 2.94. The first-order valence-corrected chi connectivity index (χ1v) is 4.42. The third-order valence-corrected chi connectivity index (χ3v) is 1.63. The van der Waals surface area contributed by atoms with Crippen LogP contribution in [0.2, 0.25) is 0 Å². The highest BCUT2D eigenvalue weighted by Gasteiger charge is 2.28. The Balaban J connectivity index is 4.20. The number of hydrogen-bond acceptors (Lipinski definition) is 1. The molecule has 0 N–H and O–H groups in total. The number of allylic oxidation sites excluding steroid dienone is 3. The number of halogens is 3. The van der Waals surface area contributed by atoms with Gasteiger partial charge in [0.2, 0.25) is 0 Å². The highest BCUT2D eigenvalue weighted by Crippen LogP contribution is 2.17. The van der Waals surface area contributed by atoms with Crippen LogP contribution in [0, 0.1) is 0 Å². The summed E-state index contributed by atoms with van der Waals surface area (Å²) in [7, 11) is 0. The van der Waals surface area contributed by atoms with E-state index in [9.17, 15) is 13.2 Å². The summed E-state index contributed by atoms with van der Waals surface area (Å²) in [6.45, 7) is 4.19. The van der Waals surface area contributed by atoms with E-state index >= 15 is 0 Å². The van der Waals surface area contributed by atoms with Crippen LogP contribution in [0.3, 0.4) is 0 Å². The van der Waals surface area contributed by atoms with Gasteiger partial charge in [0, 0.05) is 0 Å². The van der Waals surface area contributed by atoms with E-state index in [-0.39, 0.29) is 5.76 Å². The molecule has 0 fully saturated rings.